The van der Waals surface area contributed by atoms with E-state index in [1.807, 2.05) is 0 Å². The summed E-state index contributed by atoms with van der Waals surface area (Å²) in [6.07, 6.45) is 7.36. The number of hydrogen-bond donors (Lipinski definition) is 1. The van der Waals surface area contributed by atoms with Crippen LogP contribution in [0.25, 0.3) is 5.65 Å². The third-order valence-corrected chi connectivity index (χ3v) is 4.48. The number of aromatic nitrogens is 2. The Morgan fingerprint density at radius 1 is 1.29 bits per heavy atom. The van der Waals surface area contributed by atoms with Gasteiger partial charge in [0.2, 0.25) is 0 Å². The minimum absolute atomic E-state index is 0.581. The Morgan fingerprint density at radius 2 is 2.19 bits per heavy atom. The van der Waals surface area contributed by atoms with Gasteiger partial charge in [0.1, 0.15) is 5.65 Å². The average molecular weight is 286 g/mol. The molecule has 0 bridgehead atoms. The number of pyridine rings is 1. The summed E-state index contributed by atoms with van der Waals surface area (Å²) in [7, 11) is 0. The van der Waals surface area contributed by atoms with Gasteiger partial charge in [-0.25, -0.2) is 4.98 Å². The first kappa shape index (κ1) is 14.4. The van der Waals surface area contributed by atoms with Gasteiger partial charge in [-0.3, -0.25) is 0 Å². The molecule has 1 aliphatic rings. The van der Waals surface area contributed by atoms with Gasteiger partial charge >= 0.3 is 0 Å². The Morgan fingerprint density at radius 3 is 3.05 bits per heavy atom. The van der Waals surface area contributed by atoms with Crippen LogP contribution < -0.4 is 10.2 Å². The first-order chi connectivity index (χ1) is 10.3. The number of imidazole rings is 1. The van der Waals surface area contributed by atoms with Crippen LogP contribution in [-0.4, -0.2) is 28.5 Å². The number of fused-ring (bicyclic) bond motifs is 1. The summed E-state index contributed by atoms with van der Waals surface area (Å²) >= 11 is 0. The van der Waals surface area contributed by atoms with Crippen LogP contribution in [0.4, 0.5) is 5.82 Å². The van der Waals surface area contributed by atoms with Crippen molar-refractivity contribution in [3.05, 3.63) is 30.1 Å². The lowest BCUT2D eigenvalue weighted by Crippen LogP contribution is -2.34. The highest BCUT2D eigenvalue weighted by molar-refractivity contribution is 5.56. The fraction of sp³-hybridized carbons (Fsp3) is 0.588. The molecule has 1 aliphatic heterocycles. The highest BCUT2D eigenvalue weighted by atomic mass is 15.3. The molecule has 0 saturated carbocycles. The van der Waals surface area contributed by atoms with Crippen LogP contribution in [0.5, 0.6) is 0 Å². The van der Waals surface area contributed by atoms with Crippen molar-refractivity contribution >= 4 is 11.5 Å². The van der Waals surface area contributed by atoms with E-state index in [2.05, 4.69) is 52.9 Å². The maximum atomic E-state index is 4.93. The molecule has 4 nitrogen and oxygen atoms in total. The number of hydrogen-bond acceptors (Lipinski definition) is 3. The van der Waals surface area contributed by atoms with Crippen molar-refractivity contribution in [1.29, 1.82) is 0 Å². The summed E-state index contributed by atoms with van der Waals surface area (Å²) in [5.41, 5.74) is 2.35. The van der Waals surface area contributed by atoms with Crippen molar-refractivity contribution in [1.82, 2.24) is 14.7 Å². The van der Waals surface area contributed by atoms with Crippen LogP contribution in [0.2, 0.25) is 0 Å². The van der Waals surface area contributed by atoms with Gasteiger partial charge in [0.05, 0.1) is 5.69 Å². The maximum absolute atomic E-state index is 4.93. The van der Waals surface area contributed by atoms with Gasteiger partial charge in [0.15, 0.2) is 5.82 Å². The summed E-state index contributed by atoms with van der Waals surface area (Å²) in [5, 5.41) is 3.47. The van der Waals surface area contributed by atoms with Crippen LogP contribution in [0, 0.1) is 0 Å². The third-order valence-electron chi connectivity index (χ3n) is 4.48. The molecule has 0 aliphatic carbocycles. The van der Waals surface area contributed by atoms with Gasteiger partial charge in [-0.15, -0.1) is 0 Å². The molecule has 114 valence electrons. The lowest BCUT2D eigenvalue weighted by Gasteiger charge is -2.28. The molecule has 0 radical (unpaired) electrons. The van der Waals surface area contributed by atoms with E-state index in [0.717, 1.165) is 25.3 Å². The standard InChI is InChI=1S/C17H26N4/c1-3-18-13-15-17(19-16-10-6-8-12-21(15)16)20-11-7-4-5-9-14(20)2/h6,8,10,12,14,18H,3-5,7,9,11,13H2,1-2H3. The summed E-state index contributed by atoms with van der Waals surface area (Å²) in [6, 6.07) is 6.83. The van der Waals surface area contributed by atoms with Crippen molar-refractivity contribution in [2.45, 2.75) is 52.1 Å². The molecule has 0 spiro atoms. The molecular formula is C17H26N4. The van der Waals surface area contributed by atoms with E-state index in [9.17, 15) is 0 Å². The van der Waals surface area contributed by atoms with E-state index in [0.29, 0.717) is 6.04 Å². The molecule has 3 rings (SSSR count). The molecule has 2 aromatic heterocycles. The molecule has 3 heterocycles. The van der Waals surface area contributed by atoms with Crippen molar-refractivity contribution < 1.29 is 0 Å². The molecule has 1 fully saturated rings. The molecule has 1 unspecified atom stereocenters. The minimum atomic E-state index is 0.581. The first-order valence-corrected chi connectivity index (χ1v) is 8.24. The van der Waals surface area contributed by atoms with E-state index in [1.165, 1.54) is 37.2 Å². The van der Waals surface area contributed by atoms with Gasteiger partial charge < -0.3 is 14.6 Å². The third kappa shape index (κ3) is 2.91. The lowest BCUT2D eigenvalue weighted by molar-refractivity contribution is 0.606. The summed E-state index contributed by atoms with van der Waals surface area (Å²) in [6.45, 7) is 7.48. The Kier molecular flexibility index (Phi) is 4.44. The Bertz CT molecular complexity index is 589. The van der Waals surface area contributed by atoms with E-state index in [1.54, 1.807) is 0 Å². The second-order valence-corrected chi connectivity index (χ2v) is 5.98. The van der Waals surface area contributed by atoms with Crippen molar-refractivity contribution in [2.75, 3.05) is 18.0 Å². The van der Waals surface area contributed by atoms with Crippen LogP contribution in [0.15, 0.2) is 24.4 Å². The fourth-order valence-corrected chi connectivity index (χ4v) is 3.26. The van der Waals surface area contributed by atoms with Crippen LogP contribution in [0.1, 0.15) is 45.2 Å². The quantitative estimate of drug-likeness (QED) is 0.936. The van der Waals surface area contributed by atoms with E-state index in [4.69, 9.17) is 4.98 Å². The topological polar surface area (TPSA) is 32.6 Å². The van der Waals surface area contributed by atoms with E-state index >= 15 is 0 Å². The molecule has 21 heavy (non-hydrogen) atoms. The van der Waals surface area contributed by atoms with Crippen LogP contribution >= 0.6 is 0 Å². The number of nitrogens with zero attached hydrogens (tertiary/aromatic N) is 3. The second kappa shape index (κ2) is 6.48. The molecule has 0 aromatic carbocycles. The zero-order chi connectivity index (χ0) is 14.7. The average Bonchev–Trinajstić information content (AvgIpc) is 2.72. The molecule has 1 atom stereocenters. The summed E-state index contributed by atoms with van der Waals surface area (Å²) in [5.74, 6) is 1.18. The largest absolute Gasteiger partial charge is 0.352 e. The monoisotopic (exact) mass is 286 g/mol. The van der Waals surface area contributed by atoms with Crippen molar-refractivity contribution in [2.24, 2.45) is 0 Å². The van der Waals surface area contributed by atoms with Gasteiger partial charge in [-0.1, -0.05) is 25.8 Å². The highest BCUT2D eigenvalue weighted by Gasteiger charge is 2.23. The predicted octanol–water partition coefficient (Wildman–Crippen LogP) is 3.21. The number of rotatable bonds is 4. The fourth-order valence-electron chi connectivity index (χ4n) is 3.26. The molecular weight excluding hydrogens is 260 g/mol. The zero-order valence-corrected chi connectivity index (χ0v) is 13.2. The number of anilines is 1. The highest BCUT2D eigenvalue weighted by Crippen LogP contribution is 2.27. The van der Waals surface area contributed by atoms with Gasteiger partial charge in [0, 0.05) is 25.3 Å². The Balaban J connectivity index is 2.02. The Labute approximate surface area is 127 Å². The van der Waals surface area contributed by atoms with Crippen LogP contribution in [0.3, 0.4) is 0 Å². The number of nitrogens with one attached hydrogen (secondary N) is 1. The zero-order valence-electron chi connectivity index (χ0n) is 13.2. The van der Waals surface area contributed by atoms with Gasteiger partial charge in [0.25, 0.3) is 0 Å². The molecule has 2 aromatic rings. The van der Waals surface area contributed by atoms with Crippen molar-refractivity contribution in [3.8, 4) is 0 Å². The maximum Gasteiger partial charge on any atom is 0.152 e. The predicted molar refractivity (Wildman–Crippen MR) is 87.8 cm³/mol. The molecule has 4 heteroatoms. The van der Waals surface area contributed by atoms with E-state index in [-0.39, 0.29) is 0 Å². The molecule has 1 N–H and O–H groups in total. The normalized spacial score (nSPS) is 19.9. The van der Waals surface area contributed by atoms with E-state index < -0.39 is 0 Å². The first-order valence-electron chi connectivity index (χ1n) is 8.24. The lowest BCUT2D eigenvalue weighted by atomic mass is 10.1. The van der Waals surface area contributed by atoms with Crippen molar-refractivity contribution in [3.63, 3.8) is 0 Å². The molecule has 0 amide bonds. The van der Waals surface area contributed by atoms with Crippen LogP contribution in [-0.2, 0) is 6.54 Å². The van der Waals surface area contributed by atoms with Gasteiger partial charge in [-0.2, -0.15) is 0 Å². The minimum Gasteiger partial charge on any atom is -0.352 e. The molecule has 1 saturated heterocycles. The Hall–Kier alpha value is -1.55. The second-order valence-electron chi connectivity index (χ2n) is 5.98. The summed E-state index contributed by atoms with van der Waals surface area (Å²) in [4.78, 5) is 7.45. The van der Waals surface area contributed by atoms with Gasteiger partial charge in [-0.05, 0) is 38.4 Å². The smallest absolute Gasteiger partial charge is 0.152 e. The summed E-state index contributed by atoms with van der Waals surface area (Å²) < 4.78 is 2.23. The SMILES string of the molecule is CCNCc1c(N2CCCCCC2C)nc2ccccn12.